The highest BCUT2D eigenvalue weighted by molar-refractivity contribution is 6.46. The molecule has 1 aliphatic rings. The number of aliphatic hydroxyl groups is 1. The van der Waals surface area contributed by atoms with Crippen LogP contribution in [0.3, 0.4) is 0 Å². The molecular weight excluding hydrogens is 460 g/mol. The van der Waals surface area contributed by atoms with Gasteiger partial charge in [0.15, 0.2) is 11.5 Å². The third-order valence-corrected chi connectivity index (χ3v) is 6.47. The Bertz CT molecular complexity index is 1090. The largest absolute Gasteiger partial charge is 0.507 e. The lowest BCUT2D eigenvalue weighted by Crippen LogP contribution is -2.33. The van der Waals surface area contributed by atoms with Crippen LogP contribution in [0.1, 0.15) is 44.4 Å². The quantitative estimate of drug-likeness (QED) is 0.267. The van der Waals surface area contributed by atoms with E-state index in [1.807, 2.05) is 13.0 Å². The van der Waals surface area contributed by atoms with Crippen LogP contribution in [0.5, 0.6) is 17.2 Å². The van der Waals surface area contributed by atoms with E-state index in [1.54, 1.807) is 55.5 Å². The van der Waals surface area contributed by atoms with Crippen molar-refractivity contribution < 1.29 is 28.9 Å². The summed E-state index contributed by atoms with van der Waals surface area (Å²) in [4.78, 5) is 30.3. The molecule has 1 atom stereocenters. The summed E-state index contributed by atoms with van der Waals surface area (Å²) in [6.45, 7) is 9.53. The standard InChI is InChI=1S/C28H36N2O6/c1-6-29(7-2)16-9-17-30-25(20-12-15-22(36-8-3)23(18-20)35-5)24(27(32)28(30)33)26(31)19-10-13-21(34-4)14-11-19/h10-15,18,25,31H,6-9,16-17H2,1-5H3. The summed E-state index contributed by atoms with van der Waals surface area (Å²) in [6, 6.07) is 11.3. The van der Waals surface area contributed by atoms with Gasteiger partial charge in [-0.05, 0) is 74.9 Å². The number of hydrogen-bond acceptors (Lipinski definition) is 7. The Labute approximate surface area is 213 Å². The highest BCUT2D eigenvalue weighted by Crippen LogP contribution is 2.42. The van der Waals surface area contributed by atoms with Gasteiger partial charge in [0.05, 0.1) is 32.4 Å². The molecule has 0 saturated carbocycles. The Kier molecular flexibility index (Phi) is 9.36. The van der Waals surface area contributed by atoms with Crippen LogP contribution in [0.25, 0.3) is 5.76 Å². The molecule has 1 amide bonds. The first kappa shape index (κ1) is 27.1. The normalized spacial score (nSPS) is 17.1. The highest BCUT2D eigenvalue weighted by atomic mass is 16.5. The van der Waals surface area contributed by atoms with Gasteiger partial charge in [-0.15, -0.1) is 0 Å². The molecule has 2 aromatic carbocycles. The van der Waals surface area contributed by atoms with Crippen LogP contribution in [0.15, 0.2) is 48.0 Å². The molecule has 1 aliphatic heterocycles. The topological polar surface area (TPSA) is 88.5 Å². The summed E-state index contributed by atoms with van der Waals surface area (Å²) in [5.74, 6) is 0.132. The lowest BCUT2D eigenvalue weighted by molar-refractivity contribution is -0.140. The van der Waals surface area contributed by atoms with Crippen LogP contribution < -0.4 is 14.2 Å². The Morgan fingerprint density at radius 3 is 2.25 bits per heavy atom. The van der Waals surface area contributed by atoms with E-state index in [0.717, 1.165) is 19.6 Å². The van der Waals surface area contributed by atoms with Crippen molar-refractivity contribution in [2.75, 3.05) is 47.0 Å². The molecule has 1 N–H and O–H groups in total. The predicted octanol–water partition coefficient (Wildman–Crippen LogP) is 4.26. The maximum absolute atomic E-state index is 13.3. The summed E-state index contributed by atoms with van der Waals surface area (Å²) in [5.41, 5.74) is 1.14. The van der Waals surface area contributed by atoms with Crippen molar-refractivity contribution in [3.8, 4) is 17.2 Å². The number of rotatable bonds is 12. The number of hydrogen-bond donors (Lipinski definition) is 1. The molecule has 8 heteroatoms. The van der Waals surface area contributed by atoms with Crippen LogP contribution in [0, 0.1) is 0 Å². The van der Waals surface area contributed by atoms with Gasteiger partial charge in [0, 0.05) is 12.1 Å². The Balaban J connectivity index is 2.08. The molecule has 0 spiro atoms. The van der Waals surface area contributed by atoms with Gasteiger partial charge in [-0.25, -0.2) is 0 Å². The molecule has 0 bridgehead atoms. The minimum Gasteiger partial charge on any atom is -0.507 e. The van der Waals surface area contributed by atoms with E-state index in [1.165, 1.54) is 0 Å². The zero-order valence-corrected chi connectivity index (χ0v) is 21.7. The van der Waals surface area contributed by atoms with Gasteiger partial charge in [0.2, 0.25) is 0 Å². The van der Waals surface area contributed by atoms with Crippen molar-refractivity contribution >= 4 is 17.4 Å². The molecule has 0 aliphatic carbocycles. The first-order valence-electron chi connectivity index (χ1n) is 12.4. The molecule has 194 valence electrons. The molecule has 3 rings (SSSR count). The lowest BCUT2D eigenvalue weighted by atomic mass is 9.95. The monoisotopic (exact) mass is 496 g/mol. The van der Waals surface area contributed by atoms with E-state index in [9.17, 15) is 14.7 Å². The van der Waals surface area contributed by atoms with Gasteiger partial charge >= 0.3 is 0 Å². The molecule has 2 aromatic rings. The molecule has 0 radical (unpaired) electrons. The number of Topliss-reactive ketones (excluding diaryl/α,β-unsaturated/α-hetero) is 1. The van der Waals surface area contributed by atoms with Crippen LogP contribution in [0.4, 0.5) is 0 Å². The lowest BCUT2D eigenvalue weighted by Gasteiger charge is -2.27. The molecule has 1 fully saturated rings. The van der Waals surface area contributed by atoms with Crippen LogP contribution >= 0.6 is 0 Å². The minimum absolute atomic E-state index is 0.0548. The van der Waals surface area contributed by atoms with Crippen molar-refractivity contribution in [2.45, 2.75) is 33.2 Å². The number of nitrogens with zero attached hydrogens (tertiary/aromatic N) is 2. The molecular formula is C28H36N2O6. The van der Waals surface area contributed by atoms with Crippen molar-refractivity contribution in [1.82, 2.24) is 9.80 Å². The molecule has 0 aromatic heterocycles. The first-order valence-corrected chi connectivity index (χ1v) is 12.4. The number of carbonyl (C=O) groups is 2. The predicted molar refractivity (Wildman–Crippen MR) is 139 cm³/mol. The molecule has 36 heavy (non-hydrogen) atoms. The van der Waals surface area contributed by atoms with Gasteiger partial charge in [-0.3, -0.25) is 9.59 Å². The number of ether oxygens (including phenoxy) is 3. The maximum atomic E-state index is 13.3. The number of likely N-dealkylation sites (tertiary alicyclic amines) is 1. The summed E-state index contributed by atoms with van der Waals surface area (Å²) in [5, 5.41) is 11.3. The second-order valence-corrected chi connectivity index (χ2v) is 8.44. The molecule has 1 unspecified atom stereocenters. The van der Waals surface area contributed by atoms with Crippen LogP contribution in [0.2, 0.25) is 0 Å². The Morgan fingerprint density at radius 1 is 0.972 bits per heavy atom. The number of methoxy groups -OCH3 is 2. The average Bonchev–Trinajstić information content (AvgIpc) is 3.16. The Morgan fingerprint density at radius 2 is 1.67 bits per heavy atom. The number of aliphatic hydroxyl groups excluding tert-OH is 1. The zero-order valence-electron chi connectivity index (χ0n) is 21.7. The van der Waals surface area contributed by atoms with Crippen molar-refractivity contribution in [1.29, 1.82) is 0 Å². The molecule has 1 heterocycles. The first-order chi connectivity index (χ1) is 17.4. The van der Waals surface area contributed by atoms with Crippen molar-refractivity contribution in [2.24, 2.45) is 0 Å². The Hall–Kier alpha value is -3.52. The SMILES string of the molecule is CCOc1ccc(C2C(=C(O)c3ccc(OC)cc3)C(=O)C(=O)N2CCCN(CC)CC)cc1OC. The number of carbonyl (C=O) groups excluding carboxylic acids is 2. The fourth-order valence-electron chi connectivity index (χ4n) is 4.50. The van der Waals surface area contributed by atoms with E-state index in [0.29, 0.717) is 47.9 Å². The van der Waals surface area contributed by atoms with Crippen molar-refractivity contribution in [3.05, 3.63) is 59.2 Å². The van der Waals surface area contributed by atoms with E-state index < -0.39 is 17.7 Å². The number of amides is 1. The molecule has 1 saturated heterocycles. The average molecular weight is 497 g/mol. The number of benzene rings is 2. The highest BCUT2D eigenvalue weighted by Gasteiger charge is 2.46. The second-order valence-electron chi connectivity index (χ2n) is 8.44. The summed E-state index contributed by atoms with van der Waals surface area (Å²) >= 11 is 0. The van der Waals surface area contributed by atoms with Gasteiger partial charge in [-0.1, -0.05) is 19.9 Å². The fourth-order valence-corrected chi connectivity index (χ4v) is 4.50. The zero-order chi connectivity index (χ0) is 26.2. The van der Waals surface area contributed by atoms with Gasteiger partial charge < -0.3 is 29.1 Å². The smallest absolute Gasteiger partial charge is 0.295 e. The summed E-state index contributed by atoms with van der Waals surface area (Å²) < 4.78 is 16.4. The molecule has 8 nitrogen and oxygen atoms in total. The third kappa shape index (κ3) is 5.65. The third-order valence-electron chi connectivity index (χ3n) is 6.47. The van der Waals surface area contributed by atoms with Crippen LogP contribution in [-0.4, -0.2) is 73.6 Å². The maximum Gasteiger partial charge on any atom is 0.295 e. The van der Waals surface area contributed by atoms with E-state index in [4.69, 9.17) is 14.2 Å². The van der Waals surface area contributed by atoms with Gasteiger partial charge in [0.25, 0.3) is 11.7 Å². The summed E-state index contributed by atoms with van der Waals surface area (Å²) in [7, 11) is 3.10. The van der Waals surface area contributed by atoms with E-state index >= 15 is 0 Å². The van der Waals surface area contributed by atoms with Crippen LogP contribution in [-0.2, 0) is 9.59 Å². The van der Waals surface area contributed by atoms with Gasteiger partial charge in [-0.2, -0.15) is 0 Å². The fraction of sp³-hybridized carbons (Fsp3) is 0.429. The minimum atomic E-state index is -0.756. The summed E-state index contributed by atoms with van der Waals surface area (Å²) in [6.07, 6.45) is 0.696. The van der Waals surface area contributed by atoms with Gasteiger partial charge in [0.1, 0.15) is 11.5 Å². The second kappa shape index (κ2) is 12.4. The van der Waals surface area contributed by atoms with E-state index in [2.05, 4.69) is 18.7 Å². The van der Waals surface area contributed by atoms with Crippen molar-refractivity contribution in [3.63, 3.8) is 0 Å². The number of ketones is 1. The van der Waals surface area contributed by atoms with E-state index in [-0.39, 0.29) is 11.3 Å².